The topological polar surface area (TPSA) is 80.3 Å². The molecule has 5 nitrogen and oxygen atoms in total. The van der Waals surface area contributed by atoms with Crippen LogP contribution in [0.25, 0.3) is 0 Å². The minimum Gasteiger partial charge on any atom is -0.219 e. The summed E-state index contributed by atoms with van der Waals surface area (Å²) in [6.45, 7) is 0. The lowest BCUT2D eigenvalue weighted by atomic mass is 9.81. The monoisotopic (exact) mass is 411 g/mol. The van der Waals surface area contributed by atoms with Crippen LogP contribution in [-0.2, 0) is 26.3 Å². The average Bonchev–Trinajstić information content (AvgIpc) is 2.66. The third-order valence-electron chi connectivity index (χ3n) is 5.02. The largest absolute Gasteiger partial charge is 0.219 e. The highest BCUT2D eigenvalue weighted by molar-refractivity contribution is 7.91. The number of benzene rings is 2. The summed E-state index contributed by atoms with van der Waals surface area (Å²) < 4.78 is 64.7. The van der Waals surface area contributed by atoms with Crippen molar-refractivity contribution >= 4 is 19.9 Å². The third-order valence-corrected chi connectivity index (χ3v) is 8.16. The van der Waals surface area contributed by atoms with Crippen LogP contribution >= 0.6 is 0 Å². The number of aryl methyl sites for hydroxylation is 1. The molecule has 0 radical (unpaired) electrons. The maximum absolute atomic E-state index is 13.4. The van der Waals surface area contributed by atoms with Gasteiger partial charge in [0, 0.05) is 0 Å². The van der Waals surface area contributed by atoms with Crippen molar-refractivity contribution in [3.05, 3.63) is 59.4 Å². The summed E-state index contributed by atoms with van der Waals surface area (Å²) in [5, 5.41) is 0. The molecule has 0 spiro atoms. The molecule has 2 aromatic carbocycles. The molecule has 0 saturated carbocycles. The van der Waals surface area contributed by atoms with Crippen molar-refractivity contribution in [3.63, 3.8) is 0 Å². The smallest absolute Gasteiger partial charge is 0.211 e. The van der Waals surface area contributed by atoms with E-state index in [1.54, 1.807) is 12.1 Å². The highest BCUT2D eigenvalue weighted by Crippen LogP contribution is 2.36. The van der Waals surface area contributed by atoms with Crippen LogP contribution in [0.2, 0.25) is 0 Å². The zero-order chi connectivity index (χ0) is 19.7. The summed E-state index contributed by atoms with van der Waals surface area (Å²) in [6.07, 6.45) is 2.99. The Labute approximate surface area is 159 Å². The van der Waals surface area contributed by atoms with Gasteiger partial charge in [-0.05, 0) is 80.1 Å². The number of sulfone groups is 1. The molecule has 1 aliphatic rings. The van der Waals surface area contributed by atoms with E-state index in [1.807, 2.05) is 0 Å². The van der Waals surface area contributed by atoms with E-state index >= 15 is 0 Å². The van der Waals surface area contributed by atoms with Gasteiger partial charge < -0.3 is 0 Å². The Morgan fingerprint density at radius 3 is 2.52 bits per heavy atom. The first-order valence-electron chi connectivity index (χ1n) is 8.77. The summed E-state index contributed by atoms with van der Waals surface area (Å²) in [6, 6.07) is 9.92. The molecule has 0 fully saturated rings. The fraction of sp³-hybridized carbons (Fsp3) is 0.368. The molecule has 0 unspecified atom stereocenters. The molecular weight excluding hydrogens is 389 g/mol. The highest BCUT2D eigenvalue weighted by Gasteiger charge is 2.25. The van der Waals surface area contributed by atoms with Crippen LogP contribution in [-0.4, -0.2) is 29.6 Å². The second kappa shape index (κ2) is 7.69. The van der Waals surface area contributed by atoms with Crippen molar-refractivity contribution in [1.82, 2.24) is 4.72 Å². The Bertz CT molecular complexity index is 1050. The number of nitrogens with one attached hydrogen (secondary N) is 1. The average molecular weight is 412 g/mol. The Balaban J connectivity index is 1.90. The second-order valence-corrected chi connectivity index (χ2v) is 10.7. The Morgan fingerprint density at radius 1 is 1.07 bits per heavy atom. The van der Waals surface area contributed by atoms with E-state index in [-0.39, 0.29) is 21.5 Å². The predicted molar refractivity (Wildman–Crippen MR) is 101 cm³/mol. The minimum atomic E-state index is -3.80. The molecule has 0 heterocycles. The SMILES string of the molecule is CNS(=O)(=O)CC[C@H]1CCCc2cc(S(=O)(=O)c3cccc(F)c3)ccc21. The van der Waals surface area contributed by atoms with Crippen molar-refractivity contribution < 1.29 is 21.2 Å². The highest BCUT2D eigenvalue weighted by atomic mass is 32.2. The van der Waals surface area contributed by atoms with Gasteiger partial charge in [-0.1, -0.05) is 12.1 Å². The zero-order valence-electron chi connectivity index (χ0n) is 15.0. The van der Waals surface area contributed by atoms with Crippen molar-refractivity contribution in [2.24, 2.45) is 0 Å². The first-order valence-corrected chi connectivity index (χ1v) is 11.9. The van der Waals surface area contributed by atoms with Crippen LogP contribution in [0.5, 0.6) is 0 Å². The molecule has 0 bridgehead atoms. The van der Waals surface area contributed by atoms with Gasteiger partial charge in [0.25, 0.3) is 0 Å². The van der Waals surface area contributed by atoms with E-state index in [9.17, 15) is 21.2 Å². The van der Waals surface area contributed by atoms with Gasteiger partial charge in [0.1, 0.15) is 5.82 Å². The molecular formula is C19H22FNO4S2. The maximum atomic E-state index is 13.4. The molecule has 0 amide bonds. The summed E-state index contributed by atoms with van der Waals surface area (Å²) in [7, 11) is -5.68. The van der Waals surface area contributed by atoms with Crippen LogP contribution in [0.1, 0.15) is 36.3 Å². The fourth-order valence-corrected chi connectivity index (χ4v) is 5.67. The first-order chi connectivity index (χ1) is 12.7. The van der Waals surface area contributed by atoms with Crippen LogP contribution in [0.4, 0.5) is 4.39 Å². The van der Waals surface area contributed by atoms with Gasteiger partial charge in [-0.15, -0.1) is 0 Å². The van der Waals surface area contributed by atoms with Crippen LogP contribution in [0.3, 0.4) is 0 Å². The van der Waals surface area contributed by atoms with E-state index in [2.05, 4.69) is 4.72 Å². The lowest BCUT2D eigenvalue weighted by Gasteiger charge is -2.26. The summed E-state index contributed by atoms with van der Waals surface area (Å²) in [5.74, 6) is -0.473. The molecule has 3 rings (SSSR count). The number of rotatable bonds is 6. The number of halogens is 1. The van der Waals surface area contributed by atoms with Crippen molar-refractivity contribution in [2.45, 2.75) is 41.4 Å². The molecule has 0 aliphatic heterocycles. The Hall–Kier alpha value is -1.77. The van der Waals surface area contributed by atoms with Gasteiger partial charge in [-0.2, -0.15) is 0 Å². The molecule has 1 N–H and O–H groups in total. The molecule has 2 aromatic rings. The lowest BCUT2D eigenvalue weighted by molar-refractivity contribution is 0.528. The fourth-order valence-electron chi connectivity index (χ4n) is 3.53. The Kier molecular flexibility index (Phi) is 5.69. The molecule has 0 saturated heterocycles. The molecule has 1 atom stereocenters. The van der Waals surface area contributed by atoms with Crippen LogP contribution in [0, 0.1) is 5.82 Å². The molecule has 27 heavy (non-hydrogen) atoms. The normalized spacial score (nSPS) is 17.5. The molecule has 8 heteroatoms. The number of hydrogen-bond donors (Lipinski definition) is 1. The van der Waals surface area contributed by atoms with E-state index in [4.69, 9.17) is 0 Å². The standard InChI is InChI=1S/C19H22FNO4S2/c1-21-26(22,23)11-10-14-4-2-5-15-12-18(8-9-19(14)15)27(24,25)17-7-3-6-16(20)13-17/h3,6-9,12-14,21H,2,4-5,10-11H2,1H3/t14-/m1/s1. The van der Waals surface area contributed by atoms with Gasteiger partial charge >= 0.3 is 0 Å². The van der Waals surface area contributed by atoms with E-state index in [0.717, 1.165) is 36.5 Å². The maximum Gasteiger partial charge on any atom is 0.211 e. The second-order valence-electron chi connectivity index (χ2n) is 6.72. The number of fused-ring (bicyclic) bond motifs is 1. The number of hydrogen-bond acceptors (Lipinski definition) is 4. The molecule has 1 aliphatic carbocycles. The summed E-state index contributed by atoms with van der Waals surface area (Å²) in [5.41, 5.74) is 1.93. The van der Waals surface area contributed by atoms with Crippen molar-refractivity contribution in [1.29, 1.82) is 0 Å². The van der Waals surface area contributed by atoms with Gasteiger partial charge in [0.05, 0.1) is 15.5 Å². The zero-order valence-corrected chi connectivity index (χ0v) is 16.6. The summed E-state index contributed by atoms with van der Waals surface area (Å²) >= 11 is 0. The van der Waals surface area contributed by atoms with Gasteiger partial charge in [0.15, 0.2) is 0 Å². The molecule has 0 aromatic heterocycles. The molecule has 146 valence electrons. The Morgan fingerprint density at radius 2 is 1.81 bits per heavy atom. The van der Waals surface area contributed by atoms with Crippen LogP contribution < -0.4 is 4.72 Å². The van der Waals surface area contributed by atoms with E-state index in [0.29, 0.717) is 6.42 Å². The van der Waals surface area contributed by atoms with E-state index in [1.165, 1.54) is 31.3 Å². The summed E-state index contributed by atoms with van der Waals surface area (Å²) in [4.78, 5) is 0.0604. The quantitative estimate of drug-likeness (QED) is 0.792. The third kappa shape index (κ3) is 4.39. The van der Waals surface area contributed by atoms with Crippen molar-refractivity contribution in [3.8, 4) is 0 Å². The lowest BCUT2D eigenvalue weighted by Crippen LogP contribution is -2.24. The first kappa shape index (κ1) is 20.0. The van der Waals surface area contributed by atoms with Crippen LogP contribution in [0.15, 0.2) is 52.3 Å². The van der Waals surface area contributed by atoms with Gasteiger partial charge in [0.2, 0.25) is 19.9 Å². The van der Waals surface area contributed by atoms with Gasteiger partial charge in [-0.3, -0.25) is 0 Å². The van der Waals surface area contributed by atoms with Crippen molar-refractivity contribution in [2.75, 3.05) is 12.8 Å². The number of sulfonamides is 1. The van der Waals surface area contributed by atoms with Gasteiger partial charge in [-0.25, -0.2) is 25.9 Å². The minimum absolute atomic E-state index is 0.0386. The predicted octanol–water partition coefficient (Wildman–Crippen LogP) is 3.02. The van der Waals surface area contributed by atoms with E-state index < -0.39 is 25.7 Å².